The van der Waals surface area contributed by atoms with E-state index in [2.05, 4.69) is 5.32 Å². The number of rotatable bonds is 6. The van der Waals surface area contributed by atoms with Gasteiger partial charge in [0.25, 0.3) is 0 Å². The second-order valence-electron chi connectivity index (χ2n) is 5.82. The van der Waals surface area contributed by atoms with Crippen molar-refractivity contribution >= 4 is 29.1 Å². The van der Waals surface area contributed by atoms with Gasteiger partial charge in [0.2, 0.25) is 5.91 Å². The molecular formula is C15H19Cl2NO3. The Kier molecular flexibility index (Phi) is 5.15. The van der Waals surface area contributed by atoms with E-state index in [1.165, 1.54) is 0 Å². The summed E-state index contributed by atoms with van der Waals surface area (Å²) < 4.78 is 0. The molecule has 0 aliphatic heterocycles. The van der Waals surface area contributed by atoms with E-state index in [1.54, 1.807) is 18.2 Å². The quantitative estimate of drug-likeness (QED) is 0.750. The Morgan fingerprint density at radius 1 is 1.38 bits per heavy atom. The number of aliphatic hydroxyl groups excluding tert-OH is 2. The fourth-order valence-electron chi connectivity index (χ4n) is 2.42. The second-order valence-corrected chi connectivity index (χ2v) is 6.69. The Morgan fingerprint density at radius 3 is 2.43 bits per heavy atom. The smallest absolute Gasteiger partial charge is 0.223 e. The number of amides is 1. The lowest BCUT2D eigenvalue weighted by Crippen LogP contribution is -2.51. The molecular weight excluding hydrogens is 313 g/mol. The highest BCUT2D eigenvalue weighted by Crippen LogP contribution is 2.39. The third kappa shape index (κ3) is 4.33. The van der Waals surface area contributed by atoms with Crippen molar-refractivity contribution in [3.05, 3.63) is 33.8 Å². The van der Waals surface area contributed by atoms with Crippen LogP contribution in [0, 0.1) is 5.92 Å². The van der Waals surface area contributed by atoms with E-state index in [0.717, 1.165) is 12.8 Å². The summed E-state index contributed by atoms with van der Waals surface area (Å²) in [6, 6.07) is 4.73. The predicted molar refractivity (Wildman–Crippen MR) is 82.4 cm³/mol. The lowest BCUT2D eigenvalue weighted by atomic mass is 9.96. The summed E-state index contributed by atoms with van der Waals surface area (Å²) in [5.74, 6) is 0.00579. The van der Waals surface area contributed by atoms with Crippen molar-refractivity contribution in [1.82, 2.24) is 5.32 Å². The average molecular weight is 332 g/mol. The highest BCUT2D eigenvalue weighted by Gasteiger charge is 2.42. The second kappa shape index (κ2) is 6.53. The molecule has 2 atom stereocenters. The summed E-state index contributed by atoms with van der Waals surface area (Å²) in [6.07, 6.45) is 0.926. The fourth-order valence-corrected chi connectivity index (χ4v) is 2.96. The predicted octanol–water partition coefficient (Wildman–Crippen LogP) is 2.69. The van der Waals surface area contributed by atoms with Crippen LogP contribution in [0.1, 0.15) is 37.9 Å². The Morgan fingerprint density at radius 2 is 1.95 bits per heavy atom. The number of hydrogen-bond donors (Lipinski definition) is 3. The molecule has 1 saturated carbocycles. The first kappa shape index (κ1) is 16.6. The van der Waals surface area contributed by atoms with Crippen LogP contribution >= 0.6 is 23.2 Å². The van der Waals surface area contributed by atoms with Gasteiger partial charge in [-0.15, -0.1) is 0 Å². The molecule has 1 aromatic rings. The van der Waals surface area contributed by atoms with Crippen LogP contribution < -0.4 is 5.32 Å². The summed E-state index contributed by atoms with van der Waals surface area (Å²) in [4.78, 5) is 12.1. The van der Waals surface area contributed by atoms with Crippen molar-refractivity contribution in [2.75, 3.05) is 6.61 Å². The van der Waals surface area contributed by atoms with Gasteiger partial charge in [0.05, 0.1) is 24.7 Å². The van der Waals surface area contributed by atoms with Crippen LogP contribution in [0.2, 0.25) is 10.0 Å². The molecule has 0 radical (unpaired) electrons. The number of halogens is 2. The summed E-state index contributed by atoms with van der Waals surface area (Å²) in [5, 5.41) is 23.2. The standard InChI is InChI=1S/C15H19Cl2NO3/c1-15(8-19,10-2-3-10)18-14(21)7-13(20)9-4-11(16)6-12(17)5-9/h4-6,10,13,19-20H,2-3,7-8H2,1H3,(H,18,21). The van der Waals surface area contributed by atoms with E-state index in [9.17, 15) is 15.0 Å². The van der Waals surface area contributed by atoms with Gasteiger partial charge in [-0.25, -0.2) is 0 Å². The van der Waals surface area contributed by atoms with E-state index in [0.29, 0.717) is 21.5 Å². The zero-order chi connectivity index (χ0) is 15.6. The number of nitrogens with one attached hydrogen (secondary N) is 1. The average Bonchev–Trinajstić information content (AvgIpc) is 3.21. The van der Waals surface area contributed by atoms with Crippen LogP contribution in [0.15, 0.2) is 18.2 Å². The summed E-state index contributed by atoms with van der Waals surface area (Å²) in [7, 11) is 0. The van der Waals surface area contributed by atoms with E-state index in [-0.39, 0.29) is 18.9 Å². The molecule has 0 spiro atoms. The van der Waals surface area contributed by atoms with Gasteiger partial charge in [0, 0.05) is 10.0 Å². The van der Waals surface area contributed by atoms with Crippen LogP contribution in [0.25, 0.3) is 0 Å². The van der Waals surface area contributed by atoms with Crippen LogP contribution in [-0.2, 0) is 4.79 Å². The first-order chi connectivity index (χ1) is 9.84. The van der Waals surface area contributed by atoms with E-state index >= 15 is 0 Å². The highest BCUT2D eigenvalue weighted by molar-refractivity contribution is 6.34. The molecule has 1 aliphatic rings. The molecule has 116 valence electrons. The molecule has 6 heteroatoms. The van der Waals surface area contributed by atoms with Crippen LogP contribution in [0.5, 0.6) is 0 Å². The lowest BCUT2D eigenvalue weighted by Gasteiger charge is -2.29. The third-order valence-electron chi connectivity index (χ3n) is 3.88. The van der Waals surface area contributed by atoms with Gasteiger partial charge in [-0.2, -0.15) is 0 Å². The van der Waals surface area contributed by atoms with Crippen molar-refractivity contribution in [3.8, 4) is 0 Å². The van der Waals surface area contributed by atoms with Gasteiger partial charge in [-0.3, -0.25) is 4.79 Å². The van der Waals surface area contributed by atoms with Gasteiger partial charge < -0.3 is 15.5 Å². The zero-order valence-corrected chi connectivity index (χ0v) is 13.3. The fraction of sp³-hybridized carbons (Fsp3) is 0.533. The number of hydrogen-bond acceptors (Lipinski definition) is 3. The topological polar surface area (TPSA) is 69.6 Å². The Balaban J connectivity index is 1.98. The minimum atomic E-state index is -0.983. The van der Waals surface area contributed by atoms with Gasteiger partial charge in [-0.1, -0.05) is 23.2 Å². The molecule has 2 rings (SSSR count). The zero-order valence-electron chi connectivity index (χ0n) is 11.8. The van der Waals surface area contributed by atoms with Gasteiger partial charge >= 0.3 is 0 Å². The number of carbonyl (C=O) groups excluding carboxylic acids is 1. The molecule has 2 unspecified atom stereocenters. The molecule has 3 N–H and O–H groups in total. The molecule has 1 fully saturated rings. The van der Waals surface area contributed by atoms with Crippen molar-refractivity contribution in [2.45, 2.75) is 37.8 Å². The summed E-state index contributed by atoms with van der Waals surface area (Å²) >= 11 is 11.8. The lowest BCUT2D eigenvalue weighted by molar-refractivity contribution is -0.125. The SMILES string of the molecule is CC(CO)(NC(=O)CC(O)c1cc(Cl)cc(Cl)c1)C1CC1. The van der Waals surface area contributed by atoms with Crippen molar-refractivity contribution in [1.29, 1.82) is 0 Å². The summed E-state index contributed by atoms with van der Waals surface area (Å²) in [6.45, 7) is 1.72. The summed E-state index contributed by atoms with van der Waals surface area (Å²) in [5.41, 5.74) is -0.109. The van der Waals surface area contributed by atoms with Crippen LogP contribution in [0.4, 0.5) is 0 Å². The van der Waals surface area contributed by atoms with Gasteiger partial charge in [0.15, 0.2) is 0 Å². The molecule has 4 nitrogen and oxygen atoms in total. The maximum Gasteiger partial charge on any atom is 0.223 e. The third-order valence-corrected chi connectivity index (χ3v) is 4.32. The molecule has 1 amide bonds. The Bertz CT molecular complexity index is 513. The molecule has 21 heavy (non-hydrogen) atoms. The van der Waals surface area contributed by atoms with E-state index in [4.69, 9.17) is 23.2 Å². The minimum Gasteiger partial charge on any atom is -0.394 e. The molecule has 0 heterocycles. The molecule has 0 aromatic heterocycles. The van der Waals surface area contributed by atoms with Crippen LogP contribution in [0.3, 0.4) is 0 Å². The highest BCUT2D eigenvalue weighted by atomic mass is 35.5. The monoisotopic (exact) mass is 331 g/mol. The Labute approximate surface area is 134 Å². The maximum absolute atomic E-state index is 12.1. The normalized spacial score (nSPS) is 18.9. The van der Waals surface area contributed by atoms with E-state index in [1.807, 2.05) is 6.92 Å². The van der Waals surface area contributed by atoms with Gasteiger partial charge in [0.1, 0.15) is 0 Å². The van der Waals surface area contributed by atoms with Crippen molar-refractivity contribution in [3.63, 3.8) is 0 Å². The Hall–Kier alpha value is -0.810. The van der Waals surface area contributed by atoms with Crippen LogP contribution in [-0.4, -0.2) is 28.3 Å². The van der Waals surface area contributed by atoms with Crippen molar-refractivity contribution in [2.24, 2.45) is 5.92 Å². The van der Waals surface area contributed by atoms with Gasteiger partial charge in [-0.05, 0) is 49.4 Å². The minimum absolute atomic E-state index is 0.0982. The maximum atomic E-state index is 12.1. The number of carbonyl (C=O) groups is 1. The molecule has 1 aliphatic carbocycles. The largest absolute Gasteiger partial charge is 0.394 e. The number of benzene rings is 1. The van der Waals surface area contributed by atoms with E-state index < -0.39 is 11.6 Å². The molecule has 1 aromatic carbocycles. The first-order valence-electron chi connectivity index (χ1n) is 6.90. The first-order valence-corrected chi connectivity index (χ1v) is 7.65. The molecule has 0 saturated heterocycles. The number of aliphatic hydroxyl groups is 2. The molecule has 0 bridgehead atoms. The van der Waals surface area contributed by atoms with Crippen molar-refractivity contribution < 1.29 is 15.0 Å².